The summed E-state index contributed by atoms with van der Waals surface area (Å²) in [6, 6.07) is 12.4. The van der Waals surface area contributed by atoms with Crippen molar-refractivity contribution in [2.24, 2.45) is 7.05 Å². The molecule has 1 amide bonds. The number of carbonyl (C=O) groups is 1. The molecular weight excluding hydrogens is 304 g/mol. The lowest BCUT2D eigenvalue weighted by Gasteiger charge is -2.19. The lowest BCUT2D eigenvalue weighted by Crippen LogP contribution is -2.31. The maximum absolute atomic E-state index is 12.5. The fraction of sp³-hybridized carbons (Fsp3) is 0.167. The average molecular weight is 322 g/mol. The number of methoxy groups -OCH3 is 1. The third-order valence-corrected chi connectivity index (χ3v) is 3.72. The van der Waals surface area contributed by atoms with Gasteiger partial charge in [0.05, 0.1) is 7.11 Å². The first kappa shape index (κ1) is 15.7. The minimum atomic E-state index is -0.408. The molecule has 0 saturated carbocycles. The van der Waals surface area contributed by atoms with Gasteiger partial charge in [-0.25, -0.2) is 4.98 Å². The second-order valence-electron chi connectivity index (χ2n) is 5.29. The Labute approximate surface area is 140 Å². The summed E-state index contributed by atoms with van der Waals surface area (Å²) in [5.41, 5.74) is 1.24. The highest BCUT2D eigenvalue weighted by Crippen LogP contribution is 2.24. The average Bonchev–Trinajstić information content (AvgIpc) is 3.06. The molecule has 2 aromatic heterocycles. The van der Waals surface area contributed by atoms with E-state index in [0.29, 0.717) is 5.69 Å². The number of amides is 1. The van der Waals surface area contributed by atoms with Gasteiger partial charge < -0.3 is 14.6 Å². The van der Waals surface area contributed by atoms with Crippen molar-refractivity contribution >= 4 is 5.91 Å². The summed E-state index contributed by atoms with van der Waals surface area (Å²) in [5, 5.41) is 3.00. The first-order valence-corrected chi connectivity index (χ1v) is 7.52. The van der Waals surface area contributed by atoms with Crippen LogP contribution in [0.15, 0.2) is 61.1 Å². The van der Waals surface area contributed by atoms with Gasteiger partial charge in [0, 0.05) is 25.6 Å². The molecule has 122 valence electrons. The van der Waals surface area contributed by atoms with Crippen molar-refractivity contribution in [3.63, 3.8) is 0 Å². The molecule has 1 unspecified atom stereocenters. The van der Waals surface area contributed by atoms with Gasteiger partial charge >= 0.3 is 0 Å². The van der Waals surface area contributed by atoms with Crippen molar-refractivity contribution < 1.29 is 9.53 Å². The molecule has 2 heterocycles. The van der Waals surface area contributed by atoms with E-state index in [0.717, 1.165) is 17.1 Å². The molecule has 24 heavy (non-hydrogen) atoms. The molecule has 1 N–H and O–H groups in total. The minimum Gasteiger partial charge on any atom is -0.497 e. The number of carbonyl (C=O) groups excluding carboxylic acids is 1. The van der Waals surface area contributed by atoms with Crippen molar-refractivity contribution in [2.75, 3.05) is 7.11 Å². The normalized spacial score (nSPS) is 11.8. The Morgan fingerprint density at radius 3 is 2.71 bits per heavy atom. The van der Waals surface area contributed by atoms with Crippen LogP contribution in [0.5, 0.6) is 5.75 Å². The summed E-state index contributed by atoms with van der Waals surface area (Å²) >= 11 is 0. The van der Waals surface area contributed by atoms with E-state index in [1.54, 1.807) is 37.7 Å². The molecule has 6 heteroatoms. The monoisotopic (exact) mass is 322 g/mol. The lowest BCUT2D eigenvalue weighted by molar-refractivity contribution is 0.0936. The first-order valence-electron chi connectivity index (χ1n) is 7.52. The van der Waals surface area contributed by atoms with Gasteiger partial charge in [0.15, 0.2) is 0 Å². The van der Waals surface area contributed by atoms with Crippen LogP contribution in [0.1, 0.15) is 27.9 Å². The van der Waals surface area contributed by atoms with Gasteiger partial charge in [0.2, 0.25) is 0 Å². The molecule has 0 aliphatic carbocycles. The van der Waals surface area contributed by atoms with Gasteiger partial charge in [-0.15, -0.1) is 0 Å². The van der Waals surface area contributed by atoms with Gasteiger partial charge in [0.25, 0.3) is 5.91 Å². The van der Waals surface area contributed by atoms with E-state index in [2.05, 4.69) is 15.3 Å². The number of hydrogen-bond acceptors (Lipinski definition) is 4. The Morgan fingerprint density at radius 1 is 1.17 bits per heavy atom. The van der Waals surface area contributed by atoms with Crippen LogP contribution in [0.4, 0.5) is 0 Å². The molecule has 1 aromatic carbocycles. The minimum absolute atomic E-state index is 0.258. The summed E-state index contributed by atoms with van der Waals surface area (Å²) < 4.78 is 7.17. The van der Waals surface area contributed by atoms with E-state index in [1.165, 1.54) is 0 Å². The molecule has 3 rings (SSSR count). The molecule has 0 aliphatic heterocycles. The summed E-state index contributed by atoms with van der Waals surface area (Å²) in [5.74, 6) is 1.19. The van der Waals surface area contributed by atoms with Crippen LogP contribution in [0.2, 0.25) is 0 Å². The number of nitrogens with one attached hydrogen (secondary N) is 1. The molecule has 1 atom stereocenters. The zero-order valence-electron chi connectivity index (χ0n) is 13.5. The van der Waals surface area contributed by atoms with Gasteiger partial charge in [0.1, 0.15) is 23.3 Å². The number of aromatic nitrogens is 3. The van der Waals surface area contributed by atoms with Crippen LogP contribution in [0, 0.1) is 0 Å². The van der Waals surface area contributed by atoms with Gasteiger partial charge in [-0.3, -0.25) is 9.78 Å². The molecule has 0 saturated heterocycles. The highest BCUT2D eigenvalue weighted by atomic mass is 16.5. The zero-order chi connectivity index (χ0) is 16.9. The summed E-state index contributed by atoms with van der Waals surface area (Å²) in [4.78, 5) is 21.0. The van der Waals surface area contributed by atoms with Crippen LogP contribution in [0.25, 0.3) is 0 Å². The van der Waals surface area contributed by atoms with Gasteiger partial charge in [-0.1, -0.05) is 18.2 Å². The Kier molecular flexibility index (Phi) is 4.56. The highest BCUT2D eigenvalue weighted by Gasteiger charge is 2.22. The summed E-state index contributed by atoms with van der Waals surface area (Å²) in [6.07, 6.45) is 5.14. The van der Waals surface area contributed by atoms with E-state index in [9.17, 15) is 4.79 Å². The number of hydrogen-bond donors (Lipinski definition) is 1. The lowest BCUT2D eigenvalue weighted by atomic mass is 10.1. The molecule has 0 radical (unpaired) electrons. The summed E-state index contributed by atoms with van der Waals surface area (Å²) in [6.45, 7) is 0. The number of pyridine rings is 1. The zero-order valence-corrected chi connectivity index (χ0v) is 13.5. The van der Waals surface area contributed by atoms with Crippen LogP contribution in [0.3, 0.4) is 0 Å². The van der Waals surface area contributed by atoms with Crippen molar-refractivity contribution in [2.45, 2.75) is 6.04 Å². The largest absolute Gasteiger partial charge is 0.497 e. The molecule has 0 spiro atoms. The molecule has 0 bridgehead atoms. The number of rotatable bonds is 5. The third-order valence-electron chi connectivity index (χ3n) is 3.72. The molecule has 0 aliphatic rings. The molecule has 6 nitrogen and oxygen atoms in total. The Morgan fingerprint density at radius 2 is 2.04 bits per heavy atom. The number of ether oxygens (including phenoxy) is 1. The highest BCUT2D eigenvalue weighted by molar-refractivity contribution is 5.92. The maximum atomic E-state index is 12.5. The first-order chi connectivity index (χ1) is 11.7. The SMILES string of the molecule is COc1cccc(C(NC(=O)c2ccccn2)c2nccn2C)c1. The summed E-state index contributed by atoms with van der Waals surface area (Å²) in [7, 11) is 3.50. The van der Waals surface area contributed by atoms with E-state index in [1.807, 2.05) is 42.1 Å². The smallest absolute Gasteiger partial charge is 0.270 e. The van der Waals surface area contributed by atoms with Crippen LogP contribution < -0.4 is 10.1 Å². The van der Waals surface area contributed by atoms with E-state index < -0.39 is 6.04 Å². The standard InChI is InChI=1S/C18H18N4O2/c1-22-11-10-20-17(22)16(13-6-5-7-14(12-13)24-2)21-18(23)15-8-3-4-9-19-15/h3-12,16H,1-2H3,(H,21,23). The predicted molar refractivity (Wildman–Crippen MR) is 89.7 cm³/mol. The quantitative estimate of drug-likeness (QED) is 0.783. The number of imidazole rings is 1. The second-order valence-corrected chi connectivity index (χ2v) is 5.29. The van der Waals surface area contributed by atoms with E-state index in [4.69, 9.17) is 4.74 Å². The van der Waals surface area contributed by atoms with Crippen LogP contribution >= 0.6 is 0 Å². The van der Waals surface area contributed by atoms with Crippen LogP contribution in [-0.2, 0) is 7.05 Å². The van der Waals surface area contributed by atoms with Crippen molar-refractivity contribution in [1.82, 2.24) is 19.9 Å². The Bertz CT molecular complexity index is 830. The van der Waals surface area contributed by atoms with Crippen molar-refractivity contribution in [1.29, 1.82) is 0 Å². The van der Waals surface area contributed by atoms with E-state index >= 15 is 0 Å². The Balaban J connectivity index is 1.96. The van der Waals surface area contributed by atoms with Crippen molar-refractivity contribution in [3.8, 4) is 5.75 Å². The number of aryl methyl sites for hydroxylation is 1. The fourth-order valence-electron chi connectivity index (χ4n) is 2.48. The maximum Gasteiger partial charge on any atom is 0.270 e. The second kappa shape index (κ2) is 6.95. The molecular formula is C18H18N4O2. The van der Waals surface area contributed by atoms with Gasteiger partial charge in [-0.05, 0) is 29.8 Å². The van der Waals surface area contributed by atoms with Crippen molar-refractivity contribution in [3.05, 3.63) is 78.1 Å². The fourth-order valence-corrected chi connectivity index (χ4v) is 2.48. The van der Waals surface area contributed by atoms with E-state index in [-0.39, 0.29) is 5.91 Å². The topological polar surface area (TPSA) is 69.0 Å². The molecule has 0 fully saturated rings. The third kappa shape index (κ3) is 3.27. The number of benzene rings is 1. The molecule has 3 aromatic rings. The Hall–Kier alpha value is -3.15. The van der Waals surface area contributed by atoms with Crippen LogP contribution in [-0.4, -0.2) is 27.6 Å². The predicted octanol–water partition coefficient (Wildman–Crippen LogP) is 2.34. The van der Waals surface area contributed by atoms with Gasteiger partial charge in [-0.2, -0.15) is 0 Å². The number of nitrogens with zero attached hydrogens (tertiary/aromatic N) is 3.